The molecular weight excluding hydrogens is 356 g/mol. The minimum absolute atomic E-state index is 0.0942. The summed E-state index contributed by atoms with van der Waals surface area (Å²) in [7, 11) is 0. The Morgan fingerprint density at radius 2 is 1.87 bits per heavy atom. The molecule has 0 radical (unpaired) electrons. The van der Waals surface area contributed by atoms with E-state index in [2.05, 4.69) is 40.4 Å². The van der Waals surface area contributed by atoms with Gasteiger partial charge in [0, 0.05) is 15.8 Å². The highest BCUT2D eigenvalue weighted by molar-refractivity contribution is 9.10. The number of nitrogens with one attached hydrogen (secondary N) is 2. The minimum Gasteiger partial charge on any atom is -0.493 e. The van der Waals surface area contributed by atoms with Crippen LogP contribution in [-0.4, -0.2) is 19.1 Å². The van der Waals surface area contributed by atoms with Crippen molar-refractivity contribution in [1.29, 1.82) is 0 Å². The Bertz CT molecular complexity index is 642. The van der Waals surface area contributed by atoms with Crippen molar-refractivity contribution >= 4 is 33.2 Å². The molecule has 5 heteroatoms. The van der Waals surface area contributed by atoms with Gasteiger partial charge in [-0.3, -0.25) is 4.79 Å². The summed E-state index contributed by atoms with van der Waals surface area (Å²) in [4.78, 5) is 11.9. The van der Waals surface area contributed by atoms with Gasteiger partial charge in [0.2, 0.25) is 5.91 Å². The molecule has 1 amide bonds. The lowest BCUT2D eigenvalue weighted by atomic mass is 10.2. The minimum atomic E-state index is -0.0942. The molecule has 2 aromatic carbocycles. The van der Waals surface area contributed by atoms with Crippen LogP contribution in [0.25, 0.3) is 0 Å². The van der Waals surface area contributed by atoms with Crippen LogP contribution in [0, 0.1) is 5.92 Å². The van der Waals surface area contributed by atoms with E-state index in [1.165, 1.54) is 0 Å². The van der Waals surface area contributed by atoms with Gasteiger partial charge in [-0.1, -0.05) is 35.8 Å². The zero-order chi connectivity index (χ0) is 16.7. The molecule has 2 aromatic rings. The van der Waals surface area contributed by atoms with Crippen molar-refractivity contribution in [1.82, 2.24) is 0 Å². The number of hydrogen-bond donors (Lipinski definition) is 2. The molecule has 0 fully saturated rings. The molecular formula is C18H21BrN2O2. The van der Waals surface area contributed by atoms with E-state index in [1.807, 2.05) is 48.5 Å². The normalized spacial score (nSPS) is 10.4. The maximum absolute atomic E-state index is 11.9. The topological polar surface area (TPSA) is 50.4 Å². The second-order valence-corrected chi connectivity index (χ2v) is 6.56. The highest BCUT2D eigenvalue weighted by Crippen LogP contribution is 2.17. The molecule has 0 saturated heterocycles. The first-order valence-electron chi connectivity index (χ1n) is 7.55. The molecule has 2 N–H and O–H groups in total. The SMILES string of the molecule is CC(C)COc1ccc(NCC(=O)Nc2cccc(Br)c2)cc1. The first-order chi connectivity index (χ1) is 11.0. The fourth-order valence-electron chi connectivity index (χ4n) is 1.89. The lowest BCUT2D eigenvalue weighted by molar-refractivity contribution is -0.114. The summed E-state index contributed by atoms with van der Waals surface area (Å²) in [5.41, 5.74) is 1.65. The van der Waals surface area contributed by atoms with Crippen LogP contribution in [0.4, 0.5) is 11.4 Å². The Balaban J connectivity index is 1.80. The van der Waals surface area contributed by atoms with Crippen LogP contribution < -0.4 is 15.4 Å². The lowest BCUT2D eigenvalue weighted by Gasteiger charge is -2.10. The van der Waals surface area contributed by atoms with Gasteiger partial charge in [0.15, 0.2) is 0 Å². The Morgan fingerprint density at radius 1 is 1.13 bits per heavy atom. The number of ether oxygens (including phenoxy) is 1. The summed E-state index contributed by atoms with van der Waals surface area (Å²) in [5, 5.41) is 5.93. The van der Waals surface area contributed by atoms with Crippen molar-refractivity contribution in [2.24, 2.45) is 5.92 Å². The molecule has 0 atom stereocenters. The number of benzene rings is 2. The fraction of sp³-hybridized carbons (Fsp3) is 0.278. The third-order valence-corrected chi connectivity index (χ3v) is 3.49. The Hall–Kier alpha value is -2.01. The van der Waals surface area contributed by atoms with Crippen LogP contribution in [-0.2, 0) is 4.79 Å². The van der Waals surface area contributed by atoms with Crippen LogP contribution >= 0.6 is 15.9 Å². The molecule has 0 spiro atoms. The molecule has 0 saturated carbocycles. The second-order valence-electron chi connectivity index (χ2n) is 5.64. The molecule has 0 aliphatic carbocycles. The molecule has 0 unspecified atom stereocenters. The number of amides is 1. The van der Waals surface area contributed by atoms with E-state index in [9.17, 15) is 4.79 Å². The highest BCUT2D eigenvalue weighted by Gasteiger charge is 2.03. The van der Waals surface area contributed by atoms with Crippen molar-refractivity contribution in [3.05, 3.63) is 53.0 Å². The fourth-order valence-corrected chi connectivity index (χ4v) is 2.28. The van der Waals surface area contributed by atoms with Gasteiger partial charge in [0.05, 0.1) is 13.2 Å². The molecule has 4 nitrogen and oxygen atoms in total. The summed E-state index contributed by atoms with van der Waals surface area (Å²) in [6, 6.07) is 15.1. The van der Waals surface area contributed by atoms with Gasteiger partial charge in [0.25, 0.3) is 0 Å². The van der Waals surface area contributed by atoms with Crippen LogP contribution in [0.5, 0.6) is 5.75 Å². The van der Waals surface area contributed by atoms with Gasteiger partial charge < -0.3 is 15.4 Å². The quantitative estimate of drug-likeness (QED) is 0.745. The second kappa shape index (κ2) is 8.58. The predicted molar refractivity (Wildman–Crippen MR) is 98.0 cm³/mol. The first-order valence-corrected chi connectivity index (χ1v) is 8.34. The monoisotopic (exact) mass is 376 g/mol. The first kappa shape index (κ1) is 17.3. The predicted octanol–water partition coefficient (Wildman–Crippen LogP) is 4.53. The molecule has 0 bridgehead atoms. The van der Waals surface area contributed by atoms with E-state index in [0.717, 1.165) is 21.6 Å². The van der Waals surface area contributed by atoms with Crippen molar-refractivity contribution in [2.45, 2.75) is 13.8 Å². The van der Waals surface area contributed by atoms with Gasteiger partial charge in [-0.2, -0.15) is 0 Å². The molecule has 23 heavy (non-hydrogen) atoms. The Labute approximate surface area is 145 Å². The van der Waals surface area contributed by atoms with Gasteiger partial charge in [-0.15, -0.1) is 0 Å². The average molecular weight is 377 g/mol. The maximum atomic E-state index is 11.9. The largest absolute Gasteiger partial charge is 0.493 e. The number of rotatable bonds is 7. The van der Waals surface area contributed by atoms with Crippen molar-refractivity contribution in [3.8, 4) is 5.75 Å². The third-order valence-electron chi connectivity index (χ3n) is 3.00. The smallest absolute Gasteiger partial charge is 0.243 e. The zero-order valence-corrected chi connectivity index (χ0v) is 14.9. The van der Waals surface area contributed by atoms with E-state index < -0.39 is 0 Å². The number of carbonyl (C=O) groups excluding carboxylic acids is 1. The van der Waals surface area contributed by atoms with Crippen LogP contribution in [0.2, 0.25) is 0 Å². The van der Waals surface area contributed by atoms with E-state index in [0.29, 0.717) is 12.5 Å². The summed E-state index contributed by atoms with van der Waals surface area (Å²) < 4.78 is 6.56. The average Bonchev–Trinajstić information content (AvgIpc) is 2.52. The number of halogens is 1. The zero-order valence-electron chi connectivity index (χ0n) is 13.3. The third kappa shape index (κ3) is 6.32. The van der Waals surface area contributed by atoms with Crippen LogP contribution in [0.3, 0.4) is 0 Å². The maximum Gasteiger partial charge on any atom is 0.243 e. The van der Waals surface area contributed by atoms with E-state index in [4.69, 9.17) is 4.74 Å². The summed E-state index contributed by atoms with van der Waals surface area (Å²) in [6.45, 7) is 5.13. The van der Waals surface area contributed by atoms with Crippen molar-refractivity contribution in [2.75, 3.05) is 23.8 Å². The van der Waals surface area contributed by atoms with E-state index in [1.54, 1.807) is 0 Å². The molecule has 122 valence electrons. The molecule has 2 rings (SSSR count). The van der Waals surface area contributed by atoms with Gasteiger partial charge in [-0.05, 0) is 48.4 Å². The summed E-state index contributed by atoms with van der Waals surface area (Å²) in [5.74, 6) is 1.24. The summed E-state index contributed by atoms with van der Waals surface area (Å²) in [6.07, 6.45) is 0. The molecule has 0 aromatic heterocycles. The van der Waals surface area contributed by atoms with E-state index >= 15 is 0 Å². The molecule has 0 heterocycles. The van der Waals surface area contributed by atoms with Crippen LogP contribution in [0.15, 0.2) is 53.0 Å². The number of carbonyl (C=O) groups is 1. The van der Waals surface area contributed by atoms with Crippen molar-refractivity contribution in [3.63, 3.8) is 0 Å². The Morgan fingerprint density at radius 3 is 2.52 bits per heavy atom. The highest BCUT2D eigenvalue weighted by atomic mass is 79.9. The summed E-state index contributed by atoms with van der Waals surface area (Å²) >= 11 is 3.38. The number of anilines is 2. The van der Waals surface area contributed by atoms with Crippen LogP contribution in [0.1, 0.15) is 13.8 Å². The lowest BCUT2D eigenvalue weighted by Crippen LogP contribution is -2.21. The number of hydrogen-bond acceptors (Lipinski definition) is 3. The van der Waals surface area contributed by atoms with Crippen molar-refractivity contribution < 1.29 is 9.53 Å². The van der Waals surface area contributed by atoms with Gasteiger partial charge in [0.1, 0.15) is 5.75 Å². The van der Waals surface area contributed by atoms with Gasteiger partial charge in [-0.25, -0.2) is 0 Å². The van der Waals surface area contributed by atoms with Gasteiger partial charge >= 0.3 is 0 Å². The Kier molecular flexibility index (Phi) is 6.47. The molecule has 0 aliphatic heterocycles. The molecule has 0 aliphatic rings. The van der Waals surface area contributed by atoms with E-state index in [-0.39, 0.29) is 12.5 Å². The standard InChI is InChI=1S/C18H21BrN2O2/c1-13(2)12-23-17-8-6-15(7-9-17)20-11-18(22)21-16-5-3-4-14(19)10-16/h3-10,13,20H,11-12H2,1-2H3,(H,21,22).